The summed E-state index contributed by atoms with van der Waals surface area (Å²) in [6.45, 7) is 3.63. The Balaban J connectivity index is 1.60. The van der Waals surface area contributed by atoms with Crippen molar-refractivity contribution in [3.8, 4) is 11.3 Å². The van der Waals surface area contributed by atoms with Gasteiger partial charge in [0.25, 0.3) is 0 Å². The van der Waals surface area contributed by atoms with E-state index < -0.39 is 6.09 Å². The Morgan fingerprint density at radius 3 is 2.65 bits per heavy atom. The third kappa shape index (κ3) is 6.04. The first-order valence-electron chi connectivity index (χ1n) is 9.97. The van der Waals surface area contributed by atoms with Gasteiger partial charge < -0.3 is 14.0 Å². The number of anilines is 1. The summed E-state index contributed by atoms with van der Waals surface area (Å²) in [6.07, 6.45) is 3.04. The van der Waals surface area contributed by atoms with Crippen molar-refractivity contribution in [1.82, 2.24) is 5.16 Å². The Bertz CT molecular complexity index is 957. The maximum absolute atomic E-state index is 12.3. The van der Waals surface area contributed by atoms with Crippen LogP contribution in [0.15, 0.2) is 45.7 Å². The fourth-order valence-electron chi connectivity index (χ4n) is 3.27. The van der Waals surface area contributed by atoms with Crippen LogP contribution in [0.2, 0.25) is 0 Å². The minimum absolute atomic E-state index is 0.237. The second kappa shape index (κ2) is 10.7. The van der Waals surface area contributed by atoms with E-state index in [1.54, 1.807) is 0 Å². The molecular formula is C22H25ClN2O5S. The Kier molecular flexibility index (Phi) is 8.03. The molecule has 0 bridgehead atoms. The first-order chi connectivity index (χ1) is 14.9. The minimum atomic E-state index is -0.592. The average Bonchev–Trinajstić information content (AvgIpc) is 3.40. The van der Waals surface area contributed by atoms with Gasteiger partial charge >= 0.3 is 12.1 Å². The van der Waals surface area contributed by atoms with E-state index in [4.69, 9.17) is 25.6 Å². The van der Waals surface area contributed by atoms with E-state index in [2.05, 4.69) is 10.5 Å². The number of hydrogen-bond acceptors (Lipinski definition) is 7. The molecule has 2 unspecified atom stereocenters. The number of rotatable bonds is 8. The summed E-state index contributed by atoms with van der Waals surface area (Å²) in [7, 11) is 1.38. The van der Waals surface area contributed by atoms with E-state index in [0.717, 1.165) is 41.0 Å². The number of ether oxygens (including phenoxy) is 2. The molecule has 1 amide bonds. The molecule has 31 heavy (non-hydrogen) atoms. The van der Waals surface area contributed by atoms with Crippen LogP contribution in [-0.2, 0) is 20.0 Å². The highest BCUT2D eigenvalue weighted by atomic mass is 35.5. The molecule has 166 valence electrons. The topological polar surface area (TPSA) is 90.7 Å². The van der Waals surface area contributed by atoms with Crippen molar-refractivity contribution in [2.45, 2.75) is 50.2 Å². The molecule has 1 aliphatic rings. The van der Waals surface area contributed by atoms with Gasteiger partial charge in [-0.1, -0.05) is 41.0 Å². The lowest BCUT2D eigenvalue weighted by atomic mass is 10.1. The van der Waals surface area contributed by atoms with Crippen LogP contribution in [0.25, 0.3) is 11.3 Å². The van der Waals surface area contributed by atoms with Crippen molar-refractivity contribution in [3.63, 3.8) is 0 Å². The first kappa shape index (κ1) is 23.2. The number of benzene rings is 1. The number of nitrogens with one attached hydrogen (secondary N) is 1. The lowest BCUT2D eigenvalue weighted by Gasteiger charge is -2.15. The number of nitrogens with zero attached hydrogens (tertiary/aromatic N) is 1. The third-order valence-electron chi connectivity index (χ3n) is 5.03. The van der Waals surface area contributed by atoms with E-state index in [1.165, 1.54) is 25.1 Å². The van der Waals surface area contributed by atoms with Gasteiger partial charge in [-0.15, -0.1) is 11.8 Å². The van der Waals surface area contributed by atoms with Crippen LogP contribution < -0.4 is 5.32 Å². The van der Waals surface area contributed by atoms with Gasteiger partial charge in [-0.05, 0) is 44.2 Å². The molecule has 0 saturated carbocycles. The Labute approximate surface area is 190 Å². The quantitative estimate of drug-likeness (QED) is 0.497. The van der Waals surface area contributed by atoms with Gasteiger partial charge in [0.1, 0.15) is 23.7 Å². The number of esters is 1. The second-order valence-electron chi connectivity index (χ2n) is 7.21. The van der Waals surface area contributed by atoms with Crippen molar-refractivity contribution in [2.24, 2.45) is 0 Å². The normalized spacial score (nSPS) is 15.5. The number of allylic oxidation sites excluding steroid dienone is 1. The standard InChI is InChI=1S/C22H25ClN2O5S/c1-13(17-5-4-6-18(17)23)30-22(27)24-19-11-29-25-20(19)16-9-7-15(8-10-16)12-31-14(2)21(26)28-3/h7-11,13-14H,4-6,12H2,1-3H3,(H,24,27). The summed E-state index contributed by atoms with van der Waals surface area (Å²) in [6, 6.07) is 7.66. The largest absolute Gasteiger partial charge is 0.468 e. The summed E-state index contributed by atoms with van der Waals surface area (Å²) in [5.41, 5.74) is 3.73. The van der Waals surface area contributed by atoms with Crippen LogP contribution in [0.1, 0.15) is 38.7 Å². The van der Waals surface area contributed by atoms with Gasteiger partial charge in [0, 0.05) is 16.3 Å². The molecule has 3 rings (SSSR count). The zero-order valence-corrected chi connectivity index (χ0v) is 19.2. The molecule has 1 N–H and O–H groups in total. The third-order valence-corrected chi connectivity index (χ3v) is 6.66. The summed E-state index contributed by atoms with van der Waals surface area (Å²) >= 11 is 7.70. The van der Waals surface area contributed by atoms with Crippen LogP contribution in [0.4, 0.5) is 10.5 Å². The van der Waals surface area contributed by atoms with Gasteiger partial charge in [-0.25, -0.2) is 4.79 Å². The van der Waals surface area contributed by atoms with E-state index in [-0.39, 0.29) is 17.3 Å². The molecule has 1 aliphatic carbocycles. The molecule has 0 fully saturated rings. The minimum Gasteiger partial charge on any atom is -0.468 e. The summed E-state index contributed by atoms with van der Waals surface area (Å²) < 4.78 is 15.3. The molecule has 0 spiro atoms. The molecule has 2 atom stereocenters. The molecule has 1 aromatic heterocycles. The van der Waals surface area contributed by atoms with Crippen molar-refractivity contribution >= 4 is 41.1 Å². The van der Waals surface area contributed by atoms with Gasteiger partial charge in [0.05, 0.1) is 12.4 Å². The highest BCUT2D eigenvalue weighted by Gasteiger charge is 2.22. The summed E-state index contributed by atoms with van der Waals surface area (Å²) in [5, 5.41) is 7.24. The highest BCUT2D eigenvalue weighted by Crippen LogP contribution is 2.33. The number of methoxy groups -OCH3 is 1. The predicted molar refractivity (Wildman–Crippen MR) is 121 cm³/mol. The highest BCUT2D eigenvalue weighted by molar-refractivity contribution is 7.99. The van der Waals surface area contributed by atoms with Crippen LogP contribution in [0.3, 0.4) is 0 Å². The second-order valence-corrected chi connectivity index (χ2v) is 8.99. The Morgan fingerprint density at radius 2 is 2.00 bits per heavy atom. The van der Waals surface area contributed by atoms with E-state index in [1.807, 2.05) is 38.1 Å². The predicted octanol–water partition coefficient (Wildman–Crippen LogP) is 5.75. The van der Waals surface area contributed by atoms with Crippen LogP contribution >= 0.6 is 23.4 Å². The number of carbonyl (C=O) groups is 2. The smallest absolute Gasteiger partial charge is 0.412 e. The van der Waals surface area contributed by atoms with Crippen LogP contribution in [0, 0.1) is 0 Å². The Morgan fingerprint density at radius 1 is 1.26 bits per heavy atom. The lowest BCUT2D eigenvalue weighted by molar-refractivity contribution is -0.139. The van der Waals surface area contributed by atoms with E-state index in [9.17, 15) is 9.59 Å². The van der Waals surface area contributed by atoms with Crippen LogP contribution in [0.5, 0.6) is 0 Å². The fourth-order valence-corrected chi connectivity index (χ4v) is 4.52. The van der Waals surface area contributed by atoms with Gasteiger partial charge in [0.2, 0.25) is 0 Å². The van der Waals surface area contributed by atoms with E-state index in [0.29, 0.717) is 17.1 Å². The monoisotopic (exact) mass is 464 g/mol. The number of halogens is 1. The molecule has 2 aromatic rings. The lowest BCUT2D eigenvalue weighted by Crippen LogP contribution is -2.21. The average molecular weight is 465 g/mol. The maximum Gasteiger partial charge on any atom is 0.412 e. The van der Waals surface area contributed by atoms with Crippen molar-refractivity contribution < 1.29 is 23.6 Å². The van der Waals surface area contributed by atoms with Crippen molar-refractivity contribution in [2.75, 3.05) is 12.4 Å². The molecule has 0 aliphatic heterocycles. The number of thioether (sulfide) groups is 1. The van der Waals surface area contributed by atoms with Gasteiger partial charge in [-0.2, -0.15) is 0 Å². The van der Waals surface area contributed by atoms with Gasteiger partial charge in [-0.3, -0.25) is 10.1 Å². The molecular weight excluding hydrogens is 440 g/mol. The zero-order chi connectivity index (χ0) is 22.4. The maximum atomic E-state index is 12.3. The number of aromatic nitrogens is 1. The zero-order valence-electron chi connectivity index (χ0n) is 17.6. The fraction of sp³-hybridized carbons (Fsp3) is 0.409. The molecule has 1 heterocycles. The first-order valence-corrected chi connectivity index (χ1v) is 11.4. The molecule has 0 saturated heterocycles. The number of hydrogen-bond donors (Lipinski definition) is 1. The molecule has 9 heteroatoms. The Hall–Kier alpha value is -2.45. The van der Waals surface area contributed by atoms with E-state index >= 15 is 0 Å². The summed E-state index contributed by atoms with van der Waals surface area (Å²) in [5.74, 6) is 0.427. The van der Waals surface area contributed by atoms with Gasteiger partial charge in [0.15, 0.2) is 0 Å². The van der Waals surface area contributed by atoms with Crippen LogP contribution in [-0.4, -0.2) is 35.7 Å². The number of amides is 1. The van der Waals surface area contributed by atoms with Crippen molar-refractivity contribution in [3.05, 3.63) is 46.7 Å². The number of carbonyl (C=O) groups excluding carboxylic acids is 2. The molecule has 7 nitrogen and oxygen atoms in total. The van der Waals surface area contributed by atoms with Crippen molar-refractivity contribution in [1.29, 1.82) is 0 Å². The molecule has 0 radical (unpaired) electrons. The SMILES string of the molecule is COC(=O)C(C)SCc1ccc(-c2nocc2NC(=O)OC(C)C2=C(Cl)CCC2)cc1. The summed E-state index contributed by atoms with van der Waals surface area (Å²) in [4.78, 5) is 23.9. The molecule has 1 aromatic carbocycles.